The number of aromatic nitrogens is 4. The van der Waals surface area contributed by atoms with Gasteiger partial charge in [-0.25, -0.2) is 14.6 Å². The van der Waals surface area contributed by atoms with Crippen molar-refractivity contribution in [2.24, 2.45) is 0 Å². The number of amides is 1. The Bertz CT molecular complexity index is 777. The highest BCUT2D eigenvalue weighted by molar-refractivity contribution is 5.93. The van der Waals surface area contributed by atoms with Gasteiger partial charge < -0.3 is 15.0 Å². The minimum atomic E-state index is -0.255. The molecule has 132 valence electrons. The summed E-state index contributed by atoms with van der Waals surface area (Å²) in [6.45, 7) is 4.54. The van der Waals surface area contributed by atoms with Crippen molar-refractivity contribution in [3.8, 4) is 0 Å². The molecule has 1 fully saturated rings. The van der Waals surface area contributed by atoms with E-state index in [-0.39, 0.29) is 17.6 Å². The average Bonchev–Trinajstić information content (AvgIpc) is 3.07. The Morgan fingerprint density at radius 3 is 3.16 bits per heavy atom. The van der Waals surface area contributed by atoms with E-state index in [1.54, 1.807) is 6.92 Å². The standard InChI is InChI=1S/C16H20N6O3/c1-10-14(21-25-20-10)15(23)18-12-3-2-5-22(8-12)16-17-7-11-9-24-6-4-13(11)19-16/h7,12H,2-6,8-9H2,1H3,(H,18,23). The van der Waals surface area contributed by atoms with E-state index >= 15 is 0 Å². The molecular formula is C16H20N6O3. The van der Waals surface area contributed by atoms with Crippen LogP contribution in [-0.2, 0) is 17.8 Å². The third-order valence-electron chi connectivity index (χ3n) is 4.59. The van der Waals surface area contributed by atoms with E-state index in [2.05, 4.69) is 30.1 Å². The Labute approximate surface area is 144 Å². The number of carbonyl (C=O) groups excluding carboxylic acids is 1. The SMILES string of the molecule is Cc1nonc1C(=O)NC1CCCN(c2ncc3c(n2)CCOC3)C1. The highest BCUT2D eigenvalue weighted by Crippen LogP contribution is 2.20. The Kier molecular flexibility index (Phi) is 4.31. The van der Waals surface area contributed by atoms with Crippen LogP contribution in [0.3, 0.4) is 0 Å². The molecule has 4 heterocycles. The van der Waals surface area contributed by atoms with Crippen LogP contribution in [0.1, 0.15) is 40.3 Å². The van der Waals surface area contributed by atoms with Crippen LogP contribution < -0.4 is 10.2 Å². The topological polar surface area (TPSA) is 106 Å². The minimum Gasteiger partial charge on any atom is -0.376 e. The second kappa shape index (κ2) is 6.75. The molecule has 25 heavy (non-hydrogen) atoms. The highest BCUT2D eigenvalue weighted by atomic mass is 16.6. The number of nitrogens with one attached hydrogen (secondary N) is 1. The van der Waals surface area contributed by atoms with Gasteiger partial charge >= 0.3 is 0 Å². The molecule has 1 unspecified atom stereocenters. The molecule has 2 aliphatic heterocycles. The molecule has 1 atom stereocenters. The molecule has 0 radical (unpaired) electrons. The lowest BCUT2D eigenvalue weighted by Gasteiger charge is -2.33. The quantitative estimate of drug-likeness (QED) is 0.864. The zero-order valence-corrected chi connectivity index (χ0v) is 14.1. The van der Waals surface area contributed by atoms with Crippen molar-refractivity contribution in [3.05, 3.63) is 28.8 Å². The number of hydrogen-bond donors (Lipinski definition) is 1. The summed E-state index contributed by atoms with van der Waals surface area (Å²) in [5.74, 6) is 0.466. The lowest BCUT2D eigenvalue weighted by atomic mass is 10.1. The Morgan fingerprint density at radius 2 is 2.32 bits per heavy atom. The molecule has 0 bridgehead atoms. The molecule has 4 rings (SSSR count). The second-order valence-electron chi connectivity index (χ2n) is 6.40. The third kappa shape index (κ3) is 3.32. The molecule has 0 aliphatic carbocycles. The summed E-state index contributed by atoms with van der Waals surface area (Å²) in [6.07, 6.45) is 4.54. The van der Waals surface area contributed by atoms with E-state index in [9.17, 15) is 4.79 Å². The first kappa shape index (κ1) is 15.9. The van der Waals surface area contributed by atoms with Crippen LogP contribution in [0.25, 0.3) is 0 Å². The maximum Gasteiger partial charge on any atom is 0.275 e. The predicted octanol–water partition coefficient (Wildman–Crippen LogP) is 0.640. The van der Waals surface area contributed by atoms with Gasteiger partial charge in [0.1, 0.15) is 5.69 Å². The molecule has 2 aromatic rings. The summed E-state index contributed by atoms with van der Waals surface area (Å²) < 4.78 is 10.0. The summed E-state index contributed by atoms with van der Waals surface area (Å²) >= 11 is 0. The molecule has 2 aliphatic rings. The lowest BCUT2D eigenvalue weighted by Crippen LogP contribution is -2.48. The average molecular weight is 344 g/mol. The van der Waals surface area contributed by atoms with E-state index in [4.69, 9.17) is 9.72 Å². The first-order valence-corrected chi connectivity index (χ1v) is 8.48. The largest absolute Gasteiger partial charge is 0.376 e. The number of aryl methyl sites for hydroxylation is 1. The van der Waals surface area contributed by atoms with Crippen LogP contribution >= 0.6 is 0 Å². The zero-order chi connectivity index (χ0) is 17.2. The molecule has 0 aromatic carbocycles. The van der Waals surface area contributed by atoms with Crippen molar-refractivity contribution in [1.29, 1.82) is 0 Å². The van der Waals surface area contributed by atoms with Gasteiger partial charge in [-0.05, 0) is 24.9 Å². The molecule has 1 amide bonds. The first-order chi connectivity index (χ1) is 12.2. The van der Waals surface area contributed by atoms with E-state index in [0.717, 1.165) is 43.0 Å². The number of anilines is 1. The van der Waals surface area contributed by atoms with Gasteiger partial charge in [0.2, 0.25) is 5.95 Å². The van der Waals surface area contributed by atoms with Gasteiger partial charge in [-0.2, -0.15) is 0 Å². The van der Waals surface area contributed by atoms with Gasteiger partial charge in [-0.1, -0.05) is 5.16 Å². The molecule has 0 saturated carbocycles. The molecule has 2 aromatic heterocycles. The summed E-state index contributed by atoms with van der Waals surface area (Å²) in [7, 11) is 0. The predicted molar refractivity (Wildman–Crippen MR) is 87.1 cm³/mol. The molecule has 0 spiro atoms. The van der Waals surface area contributed by atoms with E-state index in [0.29, 0.717) is 25.5 Å². The van der Waals surface area contributed by atoms with Crippen LogP contribution in [0.5, 0.6) is 0 Å². The van der Waals surface area contributed by atoms with Crippen molar-refractivity contribution in [1.82, 2.24) is 25.6 Å². The van der Waals surface area contributed by atoms with Crippen molar-refractivity contribution >= 4 is 11.9 Å². The van der Waals surface area contributed by atoms with Gasteiger partial charge in [0.25, 0.3) is 5.91 Å². The van der Waals surface area contributed by atoms with Crippen LogP contribution in [0, 0.1) is 6.92 Å². The van der Waals surface area contributed by atoms with Crippen LogP contribution in [0.2, 0.25) is 0 Å². The number of rotatable bonds is 3. The van der Waals surface area contributed by atoms with Crippen molar-refractivity contribution in [3.63, 3.8) is 0 Å². The number of fused-ring (bicyclic) bond motifs is 1. The van der Waals surface area contributed by atoms with Crippen molar-refractivity contribution < 1.29 is 14.2 Å². The number of ether oxygens (including phenoxy) is 1. The summed E-state index contributed by atoms with van der Waals surface area (Å²) in [4.78, 5) is 23.6. The van der Waals surface area contributed by atoms with Crippen molar-refractivity contribution in [2.45, 2.75) is 38.8 Å². The second-order valence-corrected chi connectivity index (χ2v) is 6.40. The Balaban J connectivity index is 1.44. The maximum absolute atomic E-state index is 12.3. The Hall–Kier alpha value is -2.55. The van der Waals surface area contributed by atoms with Gasteiger partial charge in [-0.15, -0.1) is 0 Å². The van der Waals surface area contributed by atoms with Gasteiger partial charge in [0.05, 0.1) is 18.9 Å². The normalized spacial score (nSPS) is 20.2. The molecule has 1 saturated heterocycles. The van der Waals surface area contributed by atoms with Crippen LogP contribution in [0.15, 0.2) is 10.8 Å². The summed E-state index contributed by atoms with van der Waals surface area (Å²) in [5.41, 5.74) is 2.85. The molecule has 1 N–H and O–H groups in total. The molecular weight excluding hydrogens is 324 g/mol. The van der Waals surface area contributed by atoms with E-state index in [1.165, 1.54) is 0 Å². The molecule has 9 heteroatoms. The minimum absolute atomic E-state index is 0.0142. The number of carbonyl (C=O) groups is 1. The fourth-order valence-corrected chi connectivity index (χ4v) is 3.24. The fourth-order valence-electron chi connectivity index (χ4n) is 3.24. The van der Waals surface area contributed by atoms with E-state index in [1.807, 2.05) is 6.20 Å². The molecule has 9 nitrogen and oxygen atoms in total. The Morgan fingerprint density at radius 1 is 1.40 bits per heavy atom. The van der Waals surface area contributed by atoms with Crippen LogP contribution in [-0.4, -0.2) is 51.9 Å². The van der Waals surface area contributed by atoms with Gasteiger partial charge in [-0.3, -0.25) is 4.79 Å². The van der Waals surface area contributed by atoms with E-state index < -0.39 is 0 Å². The number of nitrogens with zero attached hydrogens (tertiary/aromatic N) is 5. The van der Waals surface area contributed by atoms with Crippen molar-refractivity contribution in [2.75, 3.05) is 24.6 Å². The lowest BCUT2D eigenvalue weighted by molar-refractivity contribution is 0.0922. The number of hydrogen-bond acceptors (Lipinski definition) is 8. The van der Waals surface area contributed by atoms with Gasteiger partial charge in [0.15, 0.2) is 5.69 Å². The third-order valence-corrected chi connectivity index (χ3v) is 4.59. The summed E-state index contributed by atoms with van der Waals surface area (Å²) in [5, 5.41) is 10.3. The first-order valence-electron chi connectivity index (χ1n) is 8.48. The monoisotopic (exact) mass is 344 g/mol. The number of piperidine rings is 1. The smallest absolute Gasteiger partial charge is 0.275 e. The highest BCUT2D eigenvalue weighted by Gasteiger charge is 2.26. The van der Waals surface area contributed by atoms with Gasteiger partial charge in [0, 0.05) is 37.3 Å². The summed E-state index contributed by atoms with van der Waals surface area (Å²) in [6, 6.07) is 0.0142. The van der Waals surface area contributed by atoms with Crippen LogP contribution in [0.4, 0.5) is 5.95 Å². The zero-order valence-electron chi connectivity index (χ0n) is 14.1. The maximum atomic E-state index is 12.3. The fraction of sp³-hybridized carbons (Fsp3) is 0.562.